The second kappa shape index (κ2) is 7.40. The first-order valence-corrected chi connectivity index (χ1v) is 7.94. The Kier molecular flexibility index (Phi) is 5.04. The zero-order chi connectivity index (χ0) is 17.8. The monoisotopic (exact) mass is 341 g/mol. The fourth-order valence-corrected chi connectivity index (χ4v) is 2.48. The van der Waals surface area contributed by atoms with Gasteiger partial charge in [0.05, 0.1) is 5.56 Å². The second-order valence-corrected chi connectivity index (χ2v) is 6.06. The average Bonchev–Trinajstić information content (AvgIpc) is 3.01. The topological polar surface area (TPSA) is 67.1 Å². The highest BCUT2D eigenvalue weighted by atomic mass is 19.1. The zero-order valence-electron chi connectivity index (χ0n) is 14.5. The number of pyridine rings is 1. The van der Waals surface area contributed by atoms with Crippen LogP contribution in [0.4, 0.5) is 10.2 Å². The summed E-state index contributed by atoms with van der Waals surface area (Å²) in [6, 6.07) is 8.92. The molecule has 0 fully saturated rings. The number of nitrogens with zero attached hydrogens (tertiary/aromatic N) is 4. The van der Waals surface area contributed by atoms with Crippen LogP contribution in [0.3, 0.4) is 0 Å². The van der Waals surface area contributed by atoms with Crippen LogP contribution in [0, 0.1) is 12.7 Å². The third kappa shape index (κ3) is 4.19. The molecule has 2 aromatic heterocycles. The van der Waals surface area contributed by atoms with Gasteiger partial charge in [0.2, 0.25) is 0 Å². The molecule has 2 heterocycles. The van der Waals surface area contributed by atoms with E-state index >= 15 is 0 Å². The van der Waals surface area contributed by atoms with Crippen molar-refractivity contribution in [2.75, 3.05) is 19.4 Å². The molecule has 1 N–H and O–H groups in total. The van der Waals surface area contributed by atoms with E-state index in [1.807, 2.05) is 37.2 Å². The number of anilines is 1. The number of nitrogens with one attached hydrogen (secondary N) is 1. The minimum Gasteiger partial charge on any atom is -0.365 e. The summed E-state index contributed by atoms with van der Waals surface area (Å²) in [6.45, 7) is 2.77. The summed E-state index contributed by atoms with van der Waals surface area (Å²) in [5.74, 6) is 1.37. The highest BCUT2D eigenvalue weighted by molar-refractivity contribution is 5.68. The third-order valence-electron chi connectivity index (χ3n) is 3.63. The van der Waals surface area contributed by atoms with Crippen LogP contribution in [-0.2, 0) is 13.1 Å². The van der Waals surface area contributed by atoms with Crippen molar-refractivity contribution in [3.63, 3.8) is 0 Å². The molecule has 1 aromatic carbocycles. The number of aromatic nitrogens is 3. The molecule has 0 amide bonds. The van der Waals surface area contributed by atoms with Crippen molar-refractivity contribution in [2.24, 2.45) is 0 Å². The molecule has 130 valence electrons. The number of halogens is 1. The largest absolute Gasteiger partial charge is 0.365 e. The first-order valence-electron chi connectivity index (χ1n) is 7.94. The Morgan fingerprint density at radius 3 is 2.76 bits per heavy atom. The van der Waals surface area contributed by atoms with E-state index < -0.39 is 0 Å². The normalized spacial score (nSPS) is 11.1. The number of benzene rings is 1. The van der Waals surface area contributed by atoms with Crippen molar-refractivity contribution >= 4 is 5.82 Å². The lowest BCUT2D eigenvalue weighted by atomic mass is 10.1. The van der Waals surface area contributed by atoms with Gasteiger partial charge < -0.3 is 14.7 Å². The zero-order valence-corrected chi connectivity index (χ0v) is 14.5. The Hall–Kier alpha value is -2.80. The van der Waals surface area contributed by atoms with E-state index in [2.05, 4.69) is 20.4 Å². The van der Waals surface area contributed by atoms with E-state index in [0.29, 0.717) is 41.7 Å². The Bertz CT molecular complexity index is 862. The molecule has 25 heavy (non-hydrogen) atoms. The van der Waals surface area contributed by atoms with Gasteiger partial charge in [-0.25, -0.2) is 9.37 Å². The molecule has 3 rings (SSSR count). The van der Waals surface area contributed by atoms with Gasteiger partial charge >= 0.3 is 0 Å². The molecule has 0 spiro atoms. The van der Waals surface area contributed by atoms with E-state index in [-0.39, 0.29) is 5.82 Å². The Morgan fingerprint density at radius 1 is 1.24 bits per heavy atom. The fourth-order valence-electron chi connectivity index (χ4n) is 2.48. The van der Waals surface area contributed by atoms with Crippen molar-refractivity contribution < 1.29 is 8.91 Å². The third-order valence-corrected chi connectivity index (χ3v) is 3.63. The predicted molar refractivity (Wildman–Crippen MR) is 93.4 cm³/mol. The number of hydrogen-bond donors (Lipinski definition) is 1. The maximum atomic E-state index is 14.2. The Labute approximate surface area is 145 Å². The van der Waals surface area contributed by atoms with Crippen molar-refractivity contribution in [1.29, 1.82) is 0 Å². The van der Waals surface area contributed by atoms with Gasteiger partial charge in [0, 0.05) is 24.8 Å². The van der Waals surface area contributed by atoms with Crippen LogP contribution < -0.4 is 5.32 Å². The molecule has 0 unspecified atom stereocenters. The molecule has 0 radical (unpaired) electrons. The summed E-state index contributed by atoms with van der Waals surface area (Å²) in [4.78, 5) is 10.5. The van der Waals surface area contributed by atoms with Gasteiger partial charge in [0.1, 0.15) is 11.6 Å². The number of hydrogen-bond acceptors (Lipinski definition) is 6. The van der Waals surface area contributed by atoms with Crippen LogP contribution in [0.15, 0.2) is 41.1 Å². The van der Waals surface area contributed by atoms with Crippen molar-refractivity contribution in [3.05, 3.63) is 59.3 Å². The van der Waals surface area contributed by atoms with Gasteiger partial charge in [-0.2, -0.15) is 4.98 Å². The summed E-state index contributed by atoms with van der Waals surface area (Å²) in [5.41, 5.74) is 2.22. The lowest BCUT2D eigenvalue weighted by Crippen LogP contribution is -2.12. The van der Waals surface area contributed by atoms with E-state index in [0.717, 1.165) is 5.56 Å². The molecule has 0 saturated carbocycles. The van der Waals surface area contributed by atoms with Gasteiger partial charge in [-0.05, 0) is 44.8 Å². The summed E-state index contributed by atoms with van der Waals surface area (Å²) in [5, 5.41) is 7.01. The quantitative estimate of drug-likeness (QED) is 0.742. The van der Waals surface area contributed by atoms with Gasteiger partial charge in [0.15, 0.2) is 5.82 Å². The van der Waals surface area contributed by atoms with E-state index in [4.69, 9.17) is 4.52 Å². The summed E-state index contributed by atoms with van der Waals surface area (Å²) >= 11 is 0. The smallest absolute Gasteiger partial charge is 0.261 e. The molecular weight excluding hydrogens is 321 g/mol. The highest BCUT2D eigenvalue weighted by Gasteiger charge is 2.12. The molecule has 0 bridgehead atoms. The molecule has 0 aliphatic heterocycles. The van der Waals surface area contributed by atoms with Gasteiger partial charge in [-0.15, -0.1) is 0 Å². The molecule has 0 aliphatic carbocycles. The Balaban J connectivity index is 1.75. The summed E-state index contributed by atoms with van der Waals surface area (Å²) < 4.78 is 19.4. The van der Waals surface area contributed by atoms with Crippen molar-refractivity contribution in [3.8, 4) is 11.5 Å². The van der Waals surface area contributed by atoms with Crippen LogP contribution in [0.2, 0.25) is 0 Å². The molecule has 0 saturated heterocycles. The first-order chi connectivity index (χ1) is 12.0. The molecule has 6 nitrogen and oxygen atoms in total. The van der Waals surface area contributed by atoms with Gasteiger partial charge in [-0.3, -0.25) is 0 Å². The molecular formula is C18H20FN5O. The summed E-state index contributed by atoms with van der Waals surface area (Å²) in [7, 11) is 3.83. The van der Waals surface area contributed by atoms with Crippen molar-refractivity contribution in [1.82, 2.24) is 20.0 Å². The maximum absolute atomic E-state index is 14.2. The first kappa shape index (κ1) is 17.0. The highest BCUT2D eigenvalue weighted by Crippen LogP contribution is 2.24. The number of aryl methyl sites for hydroxylation is 1. The predicted octanol–water partition coefficient (Wildman–Crippen LogP) is 3.25. The minimum atomic E-state index is -0.207. The van der Waals surface area contributed by atoms with Crippen LogP contribution in [0.25, 0.3) is 11.5 Å². The Morgan fingerprint density at radius 2 is 2.08 bits per heavy atom. The minimum absolute atomic E-state index is 0.207. The molecule has 7 heteroatoms. The molecule has 0 atom stereocenters. The molecule has 0 aliphatic rings. The van der Waals surface area contributed by atoms with Crippen LogP contribution in [-0.4, -0.2) is 34.1 Å². The standard InChI is InChI=1S/C18H20FN5O/c1-12-22-18(25-23-12)15-5-4-8-20-17(15)21-10-13-6-7-14(11-24(2)3)16(19)9-13/h4-9H,10-11H2,1-3H3,(H,20,21). The second-order valence-electron chi connectivity index (χ2n) is 6.06. The van der Waals surface area contributed by atoms with Crippen LogP contribution >= 0.6 is 0 Å². The van der Waals surface area contributed by atoms with Gasteiger partial charge in [-0.1, -0.05) is 17.3 Å². The van der Waals surface area contributed by atoms with Crippen LogP contribution in [0.5, 0.6) is 0 Å². The van der Waals surface area contributed by atoms with Gasteiger partial charge in [0.25, 0.3) is 5.89 Å². The van der Waals surface area contributed by atoms with E-state index in [1.54, 1.807) is 25.3 Å². The average molecular weight is 341 g/mol. The van der Waals surface area contributed by atoms with Crippen LogP contribution in [0.1, 0.15) is 17.0 Å². The molecule has 3 aromatic rings. The van der Waals surface area contributed by atoms with Crippen molar-refractivity contribution in [2.45, 2.75) is 20.0 Å². The lowest BCUT2D eigenvalue weighted by molar-refractivity contribution is 0.392. The SMILES string of the molecule is Cc1noc(-c2cccnc2NCc2ccc(CN(C)C)c(F)c2)n1. The number of rotatable bonds is 6. The van der Waals surface area contributed by atoms with E-state index in [9.17, 15) is 4.39 Å². The maximum Gasteiger partial charge on any atom is 0.261 e. The summed E-state index contributed by atoms with van der Waals surface area (Å²) in [6.07, 6.45) is 1.68. The van der Waals surface area contributed by atoms with E-state index in [1.165, 1.54) is 0 Å². The fraction of sp³-hybridized carbons (Fsp3) is 0.278. The lowest BCUT2D eigenvalue weighted by Gasteiger charge is -2.12.